The zero-order chi connectivity index (χ0) is 12.8. The number of carboxylic acids is 1. The summed E-state index contributed by atoms with van der Waals surface area (Å²) < 4.78 is 0. The summed E-state index contributed by atoms with van der Waals surface area (Å²) in [7, 11) is 0. The fourth-order valence-electron chi connectivity index (χ4n) is 2.88. The minimum absolute atomic E-state index is 0.267. The Kier molecular flexibility index (Phi) is 2.27. The maximum atomic E-state index is 11.2. The van der Waals surface area contributed by atoms with Crippen molar-refractivity contribution in [1.29, 1.82) is 0 Å². The monoisotopic (exact) mass is 238 g/mol. The Hall–Kier alpha value is -2.09. The van der Waals surface area contributed by atoms with Crippen LogP contribution in [0.4, 0.5) is 0 Å². The van der Waals surface area contributed by atoms with E-state index in [0.29, 0.717) is 12.0 Å². The van der Waals surface area contributed by atoms with E-state index in [4.69, 9.17) is 0 Å². The molecule has 0 saturated carbocycles. The van der Waals surface area contributed by atoms with E-state index in [1.807, 2.05) is 18.2 Å². The molecule has 0 aromatic heterocycles. The molecule has 90 valence electrons. The number of aliphatic carboxylic acids is 1. The van der Waals surface area contributed by atoms with Gasteiger partial charge in [0.25, 0.3) is 0 Å². The van der Waals surface area contributed by atoms with Crippen LogP contribution in [-0.2, 0) is 4.79 Å². The summed E-state index contributed by atoms with van der Waals surface area (Å²) in [5.74, 6) is -0.826. The van der Waals surface area contributed by atoms with E-state index < -0.39 is 5.97 Å². The van der Waals surface area contributed by atoms with Crippen molar-refractivity contribution in [3.63, 3.8) is 0 Å². The number of allylic oxidation sites excluding steroid dienone is 11. The number of hydrogen-bond donors (Lipinski definition) is 1. The predicted octanol–water partition coefficient (Wildman–Crippen LogP) is 3.33. The number of rotatable bonds is 1. The summed E-state index contributed by atoms with van der Waals surface area (Å²) in [4.78, 5) is 11.2. The first-order valence-corrected chi connectivity index (χ1v) is 6.03. The van der Waals surface area contributed by atoms with Crippen LogP contribution in [0.5, 0.6) is 0 Å². The van der Waals surface area contributed by atoms with Gasteiger partial charge in [-0.05, 0) is 24.5 Å². The first-order chi connectivity index (χ1) is 8.62. The summed E-state index contributed by atoms with van der Waals surface area (Å²) in [5, 5.41) is 9.19. The van der Waals surface area contributed by atoms with Crippen molar-refractivity contribution in [3.05, 3.63) is 70.9 Å². The lowest BCUT2D eigenvalue weighted by molar-refractivity contribution is -0.133. The van der Waals surface area contributed by atoms with E-state index in [1.54, 1.807) is 6.08 Å². The number of hydrogen-bond acceptors (Lipinski definition) is 1. The van der Waals surface area contributed by atoms with E-state index in [-0.39, 0.29) is 5.41 Å². The van der Waals surface area contributed by atoms with E-state index in [0.717, 1.165) is 0 Å². The second-order valence-electron chi connectivity index (χ2n) is 4.97. The predicted molar refractivity (Wildman–Crippen MR) is 71.0 cm³/mol. The van der Waals surface area contributed by atoms with Crippen LogP contribution < -0.4 is 0 Å². The average molecular weight is 238 g/mol. The van der Waals surface area contributed by atoms with Gasteiger partial charge >= 0.3 is 5.97 Å². The van der Waals surface area contributed by atoms with Crippen LogP contribution >= 0.6 is 0 Å². The minimum atomic E-state index is -0.826. The number of carboxylic acid groups (broad SMARTS) is 1. The summed E-state index contributed by atoms with van der Waals surface area (Å²) in [6, 6.07) is 0. The first-order valence-electron chi connectivity index (χ1n) is 6.03. The van der Waals surface area contributed by atoms with Gasteiger partial charge in [-0.15, -0.1) is 0 Å². The molecule has 0 aromatic rings. The molecule has 2 nitrogen and oxygen atoms in total. The third kappa shape index (κ3) is 1.46. The van der Waals surface area contributed by atoms with Gasteiger partial charge < -0.3 is 5.11 Å². The van der Waals surface area contributed by atoms with Gasteiger partial charge in [0.2, 0.25) is 0 Å². The average Bonchev–Trinajstić information content (AvgIpc) is 2.35. The van der Waals surface area contributed by atoms with Crippen LogP contribution in [0.25, 0.3) is 0 Å². The molecule has 3 aliphatic rings. The van der Waals surface area contributed by atoms with Gasteiger partial charge in [-0.2, -0.15) is 0 Å². The van der Waals surface area contributed by atoms with Gasteiger partial charge in [0.1, 0.15) is 0 Å². The Labute approximate surface area is 106 Å². The van der Waals surface area contributed by atoms with Gasteiger partial charge in [-0.3, -0.25) is 0 Å². The largest absolute Gasteiger partial charge is 0.478 e. The summed E-state index contributed by atoms with van der Waals surface area (Å²) in [6.07, 6.45) is 16.7. The fourth-order valence-corrected chi connectivity index (χ4v) is 2.88. The van der Waals surface area contributed by atoms with Gasteiger partial charge in [0, 0.05) is 11.0 Å². The topological polar surface area (TPSA) is 37.3 Å². The molecule has 0 radical (unpaired) electrons. The molecule has 1 spiro atoms. The highest BCUT2D eigenvalue weighted by atomic mass is 16.4. The van der Waals surface area contributed by atoms with E-state index >= 15 is 0 Å². The van der Waals surface area contributed by atoms with Crippen LogP contribution in [-0.4, -0.2) is 11.1 Å². The number of carbonyl (C=O) groups is 1. The maximum absolute atomic E-state index is 11.2. The van der Waals surface area contributed by atoms with Crippen molar-refractivity contribution < 1.29 is 9.90 Å². The van der Waals surface area contributed by atoms with Crippen molar-refractivity contribution in [2.45, 2.75) is 13.3 Å². The molecule has 3 aliphatic carbocycles. The van der Waals surface area contributed by atoms with Gasteiger partial charge in [0.15, 0.2) is 0 Å². The zero-order valence-corrected chi connectivity index (χ0v) is 10.2. The minimum Gasteiger partial charge on any atom is -0.478 e. The van der Waals surface area contributed by atoms with Gasteiger partial charge in [-0.1, -0.05) is 54.2 Å². The third-order valence-electron chi connectivity index (χ3n) is 3.77. The van der Waals surface area contributed by atoms with Crippen LogP contribution in [0, 0.1) is 5.41 Å². The quantitative estimate of drug-likeness (QED) is 0.760. The molecule has 3 rings (SSSR count). The van der Waals surface area contributed by atoms with E-state index in [2.05, 4.69) is 31.2 Å². The van der Waals surface area contributed by atoms with Crippen LogP contribution in [0.3, 0.4) is 0 Å². The Balaban J connectivity index is 2.18. The van der Waals surface area contributed by atoms with Gasteiger partial charge in [0.05, 0.1) is 0 Å². The van der Waals surface area contributed by atoms with Crippen molar-refractivity contribution in [2.24, 2.45) is 5.41 Å². The van der Waals surface area contributed by atoms with Gasteiger partial charge in [-0.25, -0.2) is 4.79 Å². The summed E-state index contributed by atoms with van der Waals surface area (Å²) >= 11 is 0. The molecule has 2 heteroatoms. The molecular weight excluding hydrogens is 224 g/mol. The fraction of sp³-hybridized carbons (Fsp3) is 0.188. The van der Waals surface area contributed by atoms with Crippen molar-refractivity contribution in [3.8, 4) is 0 Å². The molecule has 0 heterocycles. The van der Waals surface area contributed by atoms with Crippen molar-refractivity contribution in [2.75, 3.05) is 0 Å². The lowest BCUT2D eigenvalue weighted by atomic mass is 9.63. The van der Waals surface area contributed by atoms with Crippen LogP contribution in [0.15, 0.2) is 70.9 Å². The van der Waals surface area contributed by atoms with Crippen molar-refractivity contribution in [1.82, 2.24) is 0 Å². The molecule has 18 heavy (non-hydrogen) atoms. The lowest BCUT2D eigenvalue weighted by Crippen LogP contribution is -2.29. The maximum Gasteiger partial charge on any atom is 0.331 e. The molecule has 0 amide bonds. The third-order valence-corrected chi connectivity index (χ3v) is 3.77. The SMILES string of the molecule is CC1=CC2=CC=C(C(=O)O)CC23C=CC=CC3=C1. The lowest BCUT2D eigenvalue weighted by Gasteiger charge is -2.40. The highest BCUT2D eigenvalue weighted by Crippen LogP contribution is 2.50. The zero-order valence-electron chi connectivity index (χ0n) is 10.2. The molecule has 0 aliphatic heterocycles. The molecule has 0 saturated heterocycles. The van der Waals surface area contributed by atoms with E-state index in [1.165, 1.54) is 16.7 Å². The molecule has 1 N–H and O–H groups in total. The van der Waals surface area contributed by atoms with Crippen LogP contribution in [0.2, 0.25) is 0 Å². The molecule has 1 atom stereocenters. The highest BCUT2D eigenvalue weighted by molar-refractivity contribution is 5.88. The van der Waals surface area contributed by atoms with Crippen LogP contribution in [0.1, 0.15) is 13.3 Å². The molecule has 0 aromatic carbocycles. The summed E-state index contributed by atoms with van der Waals surface area (Å²) in [6.45, 7) is 2.07. The summed E-state index contributed by atoms with van der Waals surface area (Å²) in [5.41, 5.74) is 3.78. The smallest absolute Gasteiger partial charge is 0.331 e. The molecular formula is C16H14O2. The first kappa shape index (κ1) is 11.0. The second kappa shape index (κ2) is 3.70. The molecule has 0 bridgehead atoms. The normalized spacial score (nSPS) is 28.5. The Morgan fingerprint density at radius 3 is 2.83 bits per heavy atom. The second-order valence-corrected chi connectivity index (χ2v) is 4.97. The standard InChI is InChI=1S/C16H14O2/c1-11-8-13-4-2-3-7-16(13)10-12(15(17)18)5-6-14(16)9-11/h2-9H,10H2,1H3,(H,17,18). The molecule has 1 unspecified atom stereocenters. The van der Waals surface area contributed by atoms with Crippen molar-refractivity contribution >= 4 is 5.97 Å². The Morgan fingerprint density at radius 1 is 1.22 bits per heavy atom. The highest BCUT2D eigenvalue weighted by Gasteiger charge is 2.40. The molecule has 0 fully saturated rings. The Morgan fingerprint density at radius 2 is 2.06 bits per heavy atom. The van der Waals surface area contributed by atoms with E-state index in [9.17, 15) is 9.90 Å². The Bertz CT molecular complexity index is 609.